The van der Waals surface area contributed by atoms with Gasteiger partial charge in [0.2, 0.25) is 5.91 Å². The van der Waals surface area contributed by atoms with Gasteiger partial charge in [0.25, 0.3) is 5.91 Å². The largest absolute Gasteiger partial charge is 0.416 e. The summed E-state index contributed by atoms with van der Waals surface area (Å²) in [6.45, 7) is 0.771. The Morgan fingerprint density at radius 1 is 1.05 bits per heavy atom. The molecule has 3 aromatic rings. The summed E-state index contributed by atoms with van der Waals surface area (Å²) in [5, 5.41) is 17.0. The van der Waals surface area contributed by atoms with Gasteiger partial charge in [-0.05, 0) is 54.5 Å². The van der Waals surface area contributed by atoms with Gasteiger partial charge >= 0.3 is 6.18 Å². The predicted molar refractivity (Wildman–Crippen MR) is 150 cm³/mol. The summed E-state index contributed by atoms with van der Waals surface area (Å²) < 4.78 is 39.2. The molecule has 1 aliphatic heterocycles. The third-order valence-electron chi connectivity index (χ3n) is 6.79. The average molecular weight is 572 g/mol. The van der Waals surface area contributed by atoms with Crippen LogP contribution in [-0.4, -0.2) is 48.4 Å². The smallest absolute Gasteiger partial charge is 0.390 e. The van der Waals surface area contributed by atoms with Gasteiger partial charge < -0.3 is 20.6 Å². The molecule has 4 rings (SSSR count). The Hall–Kier alpha value is -3.34. The standard InChI is InChI=1S/C30H32F3N3O3S/c1-40-25-16-22(15-24(17-25)36-12-6-11-28(36)38)29(39)35-26(14-20-7-3-2-4-8-20)27(37)19-34-18-21-9-5-10-23(13-21)30(31,32)33/h2-5,7-10,13,15-17,26-27,34,37H,6,11-12,14,18-19H2,1H3,(H,35,39). The van der Waals surface area contributed by atoms with E-state index in [9.17, 15) is 27.9 Å². The molecule has 3 aromatic carbocycles. The van der Waals surface area contributed by atoms with Gasteiger partial charge in [0, 0.05) is 42.2 Å². The summed E-state index contributed by atoms with van der Waals surface area (Å²) in [4.78, 5) is 28.3. The van der Waals surface area contributed by atoms with E-state index in [2.05, 4.69) is 10.6 Å². The van der Waals surface area contributed by atoms with Crippen LogP contribution in [0.4, 0.5) is 18.9 Å². The normalized spacial score (nSPS) is 15.2. The van der Waals surface area contributed by atoms with Gasteiger partial charge in [-0.2, -0.15) is 13.2 Å². The van der Waals surface area contributed by atoms with Gasteiger partial charge in [0.1, 0.15) is 0 Å². The Kier molecular flexibility index (Phi) is 9.89. The first kappa shape index (κ1) is 29.6. The number of aliphatic hydroxyl groups excluding tert-OH is 1. The number of thioether (sulfide) groups is 1. The minimum absolute atomic E-state index is 0.0221. The number of carbonyl (C=O) groups is 2. The minimum Gasteiger partial charge on any atom is -0.390 e. The van der Waals surface area contributed by atoms with E-state index in [1.807, 2.05) is 42.7 Å². The van der Waals surface area contributed by atoms with Crippen LogP contribution in [-0.2, 0) is 23.9 Å². The number of aliphatic hydroxyl groups is 1. The maximum absolute atomic E-state index is 13.4. The van der Waals surface area contributed by atoms with E-state index in [0.29, 0.717) is 36.2 Å². The van der Waals surface area contributed by atoms with Crippen LogP contribution >= 0.6 is 11.8 Å². The molecule has 212 valence electrons. The fourth-order valence-electron chi connectivity index (χ4n) is 4.68. The quantitative estimate of drug-likeness (QED) is 0.281. The maximum Gasteiger partial charge on any atom is 0.416 e. The van der Waals surface area contributed by atoms with E-state index in [1.165, 1.54) is 17.8 Å². The second-order valence-electron chi connectivity index (χ2n) is 9.73. The molecular formula is C30H32F3N3O3S. The van der Waals surface area contributed by atoms with Crippen LogP contribution in [0.3, 0.4) is 0 Å². The molecule has 1 saturated heterocycles. The van der Waals surface area contributed by atoms with Crippen molar-refractivity contribution < 1.29 is 27.9 Å². The molecule has 2 amide bonds. The van der Waals surface area contributed by atoms with Crippen LogP contribution in [0.2, 0.25) is 0 Å². The predicted octanol–water partition coefficient (Wildman–Crippen LogP) is 5.05. The Bertz CT molecular complexity index is 1320. The summed E-state index contributed by atoms with van der Waals surface area (Å²) in [5.74, 6) is -0.365. The first-order valence-corrected chi connectivity index (χ1v) is 14.3. The summed E-state index contributed by atoms with van der Waals surface area (Å²) >= 11 is 1.47. The number of carbonyl (C=O) groups excluding carboxylic acids is 2. The van der Waals surface area contributed by atoms with Gasteiger partial charge in [0.15, 0.2) is 0 Å². The Balaban J connectivity index is 1.48. The third kappa shape index (κ3) is 7.87. The molecule has 1 heterocycles. The number of amides is 2. The van der Waals surface area contributed by atoms with Crippen molar-refractivity contribution in [2.45, 2.75) is 49.0 Å². The Morgan fingerprint density at radius 3 is 2.48 bits per heavy atom. The number of benzene rings is 3. The lowest BCUT2D eigenvalue weighted by atomic mass is 10.00. The lowest BCUT2D eigenvalue weighted by Gasteiger charge is -2.25. The highest BCUT2D eigenvalue weighted by Crippen LogP contribution is 2.30. The number of hydrogen-bond acceptors (Lipinski definition) is 5. The van der Waals surface area contributed by atoms with Crippen LogP contribution < -0.4 is 15.5 Å². The van der Waals surface area contributed by atoms with Crippen molar-refractivity contribution >= 4 is 29.3 Å². The first-order valence-electron chi connectivity index (χ1n) is 13.0. The van der Waals surface area contributed by atoms with Crippen molar-refractivity contribution in [3.8, 4) is 0 Å². The Morgan fingerprint density at radius 2 is 1.80 bits per heavy atom. The molecule has 2 unspecified atom stereocenters. The van der Waals surface area contributed by atoms with E-state index in [4.69, 9.17) is 0 Å². The molecule has 6 nitrogen and oxygen atoms in total. The van der Waals surface area contributed by atoms with E-state index < -0.39 is 23.9 Å². The topological polar surface area (TPSA) is 81.7 Å². The van der Waals surface area contributed by atoms with Crippen molar-refractivity contribution in [2.24, 2.45) is 0 Å². The average Bonchev–Trinajstić information content (AvgIpc) is 3.38. The summed E-state index contributed by atoms with van der Waals surface area (Å²) in [6, 6.07) is 19.1. The number of alkyl halides is 3. The summed E-state index contributed by atoms with van der Waals surface area (Å²) in [6.07, 6.45) is -1.98. The molecule has 40 heavy (non-hydrogen) atoms. The molecule has 3 N–H and O–H groups in total. The molecule has 0 aliphatic carbocycles. The van der Waals surface area contributed by atoms with Crippen molar-refractivity contribution in [3.05, 3.63) is 95.1 Å². The van der Waals surface area contributed by atoms with Gasteiger partial charge in [0.05, 0.1) is 17.7 Å². The van der Waals surface area contributed by atoms with Crippen molar-refractivity contribution in [1.29, 1.82) is 0 Å². The van der Waals surface area contributed by atoms with Crippen LogP contribution in [0.25, 0.3) is 0 Å². The van der Waals surface area contributed by atoms with Crippen molar-refractivity contribution in [3.63, 3.8) is 0 Å². The van der Waals surface area contributed by atoms with Gasteiger partial charge in [-0.1, -0.05) is 48.5 Å². The minimum atomic E-state index is -4.43. The molecule has 0 bridgehead atoms. The number of rotatable bonds is 11. The monoisotopic (exact) mass is 571 g/mol. The van der Waals surface area contributed by atoms with Gasteiger partial charge in [-0.15, -0.1) is 11.8 Å². The van der Waals surface area contributed by atoms with Gasteiger partial charge in [-0.3, -0.25) is 9.59 Å². The zero-order valence-corrected chi connectivity index (χ0v) is 22.9. The molecule has 0 aromatic heterocycles. The zero-order chi connectivity index (χ0) is 28.7. The number of hydrogen-bond donors (Lipinski definition) is 3. The van der Waals surface area contributed by atoms with E-state index in [-0.39, 0.29) is 24.9 Å². The van der Waals surface area contributed by atoms with Crippen LogP contribution in [0.5, 0.6) is 0 Å². The second kappa shape index (κ2) is 13.3. The maximum atomic E-state index is 13.4. The van der Waals surface area contributed by atoms with Crippen molar-refractivity contribution in [2.75, 3.05) is 24.2 Å². The molecule has 2 atom stereocenters. The molecule has 1 fully saturated rings. The highest BCUT2D eigenvalue weighted by atomic mass is 32.2. The number of nitrogens with zero attached hydrogens (tertiary/aromatic N) is 1. The van der Waals surface area contributed by atoms with Crippen LogP contribution in [0.15, 0.2) is 77.7 Å². The lowest BCUT2D eigenvalue weighted by Crippen LogP contribution is -2.48. The summed E-state index contributed by atoms with van der Waals surface area (Å²) in [5.41, 5.74) is 1.66. The van der Waals surface area contributed by atoms with Gasteiger partial charge in [-0.25, -0.2) is 0 Å². The number of halogens is 3. The highest BCUT2D eigenvalue weighted by Gasteiger charge is 2.30. The van der Waals surface area contributed by atoms with E-state index in [0.717, 1.165) is 29.0 Å². The first-order chi connectivity index (χ1) is 19.1. The van der Waals surface area contributed by atoms with Crippen LogP contribution in [0.1, 0.15) is 39.9 Å². The molecule has 0 spiro atoms. The SMILES string of the molecule is CSc1cc(C(=O)NC(Cc2ccccc2)C(O)CNCc2cccc(C(F)(F)F)c2)cc(N2CCCC2=O)c1. The fourth-order valence-corrected chi connectivity index (χ4v) is 5.16. The van der Waals surface area contributed by atoms with E-state index >= 15 is 0 Å². The highest BCUT2D eigenvalue weighted by molar-refractivity contribution is 7.98. The fraction of sp³-hybridized carbons (Fsp3) is 0.333. The molecular weight excluding hydrogens is 539 g/mol. The lowest BCUT2D eigenvalue weighted by molar-refractivity contribution is -0.137. The second-order valence-corrected chi connectivity index (χ2v) is 10.6. The van der Waals surface area contributed by atoms with Crippen LogP contribution in [0, 0.1) is 0 Å². The third-order valence-corrected chi connectivity index (χ3v) is 7.50. The molecule has 1 aliphatic rings. The van der Waals surface area contributed by atoms with Crippen molar-refractivity contribution in [1.82, 2.24) is 10.6 Å². The molecule has 10 heteroatoms. The zero-order valence-electron chi connectivity index (χ0n) is 22.1. The van der Waals surface area contributed by atoms with E-state index in [1.54, 1.807) is 23.1 Å². The molecule has 0 saturated carbocycles. The molecule has 0 radical (unpaired) electrons. The number of nitrogens with one attached hydrogen (secondary N) is 2. The Labute approximate surface area is 236 Å². The number of anilines is 1. The summed E-state index contributed by atoms with van der Waals surface area (Å²) in [7, 11) is 0.